The van der Waals surface area contributed by atoms with E-state index < -0.39 is 0 Å². The molecule has 0 unspecified atom stereocenters. The quantitative estimate of drug-likeness (QED) is 0.720. The van der Waals surface area contributed by atoms with Crippen LogP contribution in [0.15, 0.2) is 66.7 Å². The van der Waals surface area contributed by atoms with Crippen molar-refractivity contribution < 1.29 is 0 Å². The summed E-state index contributed by atoms with van der Waals surface area (Å²) in [6.07, 6.45) is 0.987. The van der Waals surface area contributed by atoms with E-state index in [0.29, 0.717) is 0 Å². The van der Waals surface area contributed by atoms with Gasteiger partial charge in [0.25, 0.3) is 0 Å². The summed E-state index contributed by atoms with van der Waals surface area (Å²) < 4.78 is 0. The summed E-state index contributed by atoms with van der Waals surface area (Å²) in [6, 6.07) is 23.7. The van der Waals surface area contributed by atoms with Crippen LogP contribution in [0.4, 0.5) is 5.69 Å². The molecule has 0 spiro atoms. The van der Waals surface area contributed by atoms with Crippen LogP contribution in [0.25, 0.3) is 10.8 Å². The van der Waals surface area contributed by atoms with E-state index in [1.54, 1.807) is 0 Å². The normalized spacial score (nSPS) is 10.6. The molecule has 94 valence electrons. The highest BCUT2D eigenvalue weighted by atomic mass is 14.8. The van der Waals surface area contributed by atoms with Gasteiger partial charge in [0.15, 0.2) is 0 Å². The van der Waals surface area contributed by atoms with Crippen molar-refractivity contribution in [3.8, 4) is 0 Å². The summed E-state index contributed by atoms with van der Waals surface area (Å²) in [6.45, 7) is 0. The van der Waals surface area contributed by atoms with Crippen LogP contribution in [0.2, 0.25) is 0 Å². The van der Waals surface area contributed by atoms with E-state index in [4.69, 9.17) is 0 Å². The number of benzene rings is 3. The van der Waals surface area contributed by atoms with Crippen molar-refractivity contribution in [2.24, 2.45) is 0 Å². The van der Waals surface area contributed by atoms with Crippen molar-refractivity contribution in [1.82, 2.24) is 0 Å². The van der Waals surface area contributed by atoms with Gasteiger partial charge in [-0.3, -0.25) is 0 Å². The van der Waals surface area contributed by atoms with Crippen molar-refractivity contribution in [3.63, 3.8) is 0 Å². The van der Waals surface area contributed by atoms with Gasteiger partial charge in [-0.05, 0) is 29.0 Å². The summed E-state index contributed by atoms with van der Waals surface area (Å²) >= 11 is 0. The van der Waals surface area contributed by atoms with Gasteiger partial charge in [-0.25, -0.2) is 0 Å². The van der Waals surface area contributed by atoms with Crippen LogP contribution in [0.5, 0.6) is 0 Å². The maximum atomic E-state index is 3.24. The fourth-order valence-corrected chi connectivity index (χ4v) is 2.49. The van der Waals surface area contributed by atoms with Gasteiger partial charge < -0.3 is 5.32 Å². The third kappa shape index (κ3) is 2.45. The number of hydrogen-bond donors (Lipinski definition) is 1. The predicted molar refractivity (Wildman–Crippen MR) is 82.7 cm³/mol. The van der Waals surface area contributed by atoms with Crippen LogP contribution < -0.4 is 5.32 Å². The van der Waals surface area contributed by atoms with Crippen LogP contribution in [0.1, 0.15) is 11.1 Å². The highest BCUT2D eigenvalue weighted by Gasteiger charge is 2.01. The minimum Gasteiger partial charge on any atom is -0.388 e. The summed E-state index contributed by atoms with van der Waals surface area (Å²) in [7, 11) is 1.96. The van der Waals surface area contributed by atoms with Gasteiger partial charge in [0.05, 0.1) is 0 Å². The largest absolute Gasteiger partial charge is 0.388 e. The Balaban J connectivity index is 1.98. The van der Waals surface area contributed by atoms with E-state index in [1.165, 1.54) is 27.6 Å². The number of nitrogens with one attached hydrogen (secondary N) is 1. The Morgan fingerprint density at radius 3 is 2.42 bits per heavy atom. The fourth-order valence-electron chi connectivity index (χ4n) is 2.49. The van der Waals surface area contributed by atoms with Crippen LogP contribution in [0.3, 0.4) is 0 Å². The first-order chi connectivity index (χ1) is 9.36. The lowest BCUT2D eigenvalue weighted by Crippen LogP contribution is -1.91. The zero-order valence-corrected chi connectivity index (χ0v) is 11.1. The van der Waals surface area contributed by atoms with Crippen LogP contribution >= 0.6 is 0 Å². The molecule has 0 atom stereocenters. The van der Waals surface area contributed by atoms with Crippen LogP contribution in [-0.4, -0.2) is 7.05 Å². The molecule has 0 saturated heterocycles. The number of rotatable bonds is 3. The highest BCUT2D eigenvalue weighted by Crippen LogP contribution is 2.24. The van der Waals surface area contributed by atoms with Crippen molar-refractivity contribution >= 4 is 16.5 Å². The Hall–Kier alpha value is -2.28. The first-order valence-corrected chi connectivity index (χ1v) is 6.60. The molecule has 1 N–H and O–H groups in total. The second-order valence-electron chi connectivity index (χ2n) is 4.77. The Labute approximate surface area is 113 Å². The first kappa shape index (κ1) is 11.8. The lowest BCUT2D eigenvalue weighted by atomic mass is 10.0. The topological polar surface area (TPSA) is 12.0 Å². The van der Waals surface area contributed by atoms with Gasteiger partial charge in [-0.2, -0.15) is 0 Å². The molecule has 0 heterocycles. The van der Waals surface area contributed by atoms with Crippen molar-refractivity contribution in [3.05, 3.63) is 77.9 Å². The third-order valence-corrected chi connectivity index (χ3v) is 3.47. The van der Waals surface area contributed by atoms with Gasteiger partial charge in [-0.1, -0.05) is 60.7 Å². The van der Waals surface area contributed by atoms with Gasteiger partial charge in [-0.15, -0.1) is 0 Å². The molecule has 1 heteroatoms. The number of anilines is 1. The third-order valence-electron chi connectivity index (χ3n) is 3.47. The average molecular weight is 247 g/mol. The van der Waals surface area contributed by atoms with E-state index in [1.807, 2.05) is 7.05 Å². The molecule has 0 saturated carbocycles. The average Bonchev–Trinajstić information content (AvgIpc) is 2.47. The minimum atomic E-state index is 0.987. The summed E-state index contributed by atoms with van der Waals surface area (Å²) in [5.41, 5.74) is 3.89. The Morgan fingerprint density at radius 1 is 0.789 bits per heavy atom. The number of fused-ring (bicyclic) bond motifs is 1. The fraction of sp³-hybridized carbons (Fsp3) is 0.111. The molecule has 0 radical (unpaired) electrons. The van der Waals surface area contributed by atoms with Crippen LogP contribution in [-0.2, 0) is 6.42 Å². The zero-order valence-electron chi connectivity index (χ0n) is 11.1. The molecule has 3 rings (SSSR count). The molecule has 0 aliphatic heterocycles. The Kier molecular flexibility index (Phi) is 3.20. The summed E-state index contributed by atoms with van der Waals surface area (Å²) in [5.74, 6) is 0. The second kappa shape index (κ2) is 5.15. The first-order valence-electron chi connectivity index (χ1n) is 6.60. The van der Waals surface area contributed by atoms with Crippen LogP contribution in [0, 0.1) is 0 Å². The Morgan fingerprint density at radius 2 is 1.63 bits per heavy atom. The van der Waals surface area contributed by atoms with E-state index in [9.17, 15) is 0 Å². The summed E-state index contributed by atoms with van der Waals surface area (Å²) in [5, 5.41) is 5.81. The van der Waals surface area contributed by atoms with E-state index in [-0.39, 0.29) is 0 Å². The highest BCUT2D eigenvalue weighted by molar-refractivity contribution is 5.94. The van der Waals surface area contributed by atoms with Gasteiger partial charge in [0.2, 0.25) is 0 Å². The molecule has 1 nitrogen and oxygen atoms in total. The molecule has 0 amide bonds. The van der Waals surface area contributed by atoms with Crippen molar-refractivity contribution in [2.45, 2.75) is 6.42 Å². The SMILES string of the molecule is CNc1cccc2cc(Cc3ccccc3)ccc12. The molecule has 0 bridgehead atoms. The lowest BCUT2D eigenvalue weighted by molar-refractivity contribution is 1.20. The molecular formula is C18H17N. The molecule has 19 heavy (non-hydrogen) atoms. The molecule has 0 aliphatic rings. The molecular weight excluding hydrogens is 230 g/mol. The summed E-state index contributed by atoms with van der Waals surface area (Å²) in [4.78, 5) is 0. The van der Waals surface area contributed by atoms with Gasteiger partial charge in [0, 0.05) is 18.1 Å². The molecule has 0 fully saturated rings. The minimum absolute atomic E-state index is 0.987. The molecule has 0 aromatic heterocycles. The van der Waals surface area contributed by atoms with Gasteiger partial charge in [0.1, 0.15) is 0 Å². The lowest BCUT2D eigenvalue weighted by Gasteiger charge is -2.08. The molecule has 3 aromatic carbocycles. The zero-order chi connectivity index (χ0) is 13.1. The van der Waals surface area contributed by atoms with Crippen molar-refractivity contribution in [1.29, 1.82) is 0 Å². The van der Waals surface area contributed by atoms with Gasteiger partial charge >= 0.3 is 0 Å². The maximum absolute atomic E-state index is 3.24. The van der Waals surface area contributed by atoms with Crippen molar-refractivity contribution in [2.75, 3.05) is 12.4 Å². The van der Waals surface area contributed by atoms with E-state index in [0.717, 1.165) is 6.42 Å². The second-order valence-corrected chi connectivity index (χ2v) is 4.77. The van der Waals surface area contributed by atoms with E-state index >= 15 is 0 Å². The standard InChI is InChI=1S/C18H17N/c1-19-18-9-5-8-16-13-15(10-11-17(16)18)12-14-6-3-2-4-7-14/h2-11,13,19H,12H2,1H3. The Bertz CT molecular complexity index is 686. The maximum Gasteiger partial charge on any atom is 0.0417 e. The monoisotopic (exact) mass is 247 g/mol. The molecule has 0 aliphatic carbocycles. The molecule has 3 aromatic rings. The predicted octanol–water partition coefficient (Wildman–Crippen LogP) is 4.47. The van der Waals surface area contributed by atoms with E-state index in [2.05, 4.69) is 72.0 Å². The number of hydrogen-bond acceptors (Lipinski definition) is 1. The smallest absolute Gasteiger partial charge is 0.0417 e.